The average Bonchev–Trinajstić information content (AvgIpc) is 3.41. The first-order valence-corrected chi connectivity index (χ1v) is 8.48. The van der Waals surface area contributed by atoms with E-state index in [1.807, 2.05) is 6.92 Å². The van der Waals surface area contributed by atoms with Crippen LogP contribution in [0.2, 0.25) is 0 Å². The van der Waals surface area contributed by atoms with E-state index in [-0.39, 0.29) is 18.2 Å². The highest BCUT2D eigenvalue weighted by Gasteiger charge is 2.20. The topological polar surface area (TPSA) is 128 Å². The van der Waals surface area contributed by atoms with Gasteiger partial charge in [0.1, 0.15) is 0 Å². The van der Waals surface area contributed by atoms with E-state index in [0.717, 1.165) is 17.9 Å². The van der Waals surface area contributed by atoms with Gasteiger partial charge in [-0.05, 0) is 30.7 Å². The molecule has 3 aromatic heterocycles. The van der Waals surface area contributed by atoms with Crippen LogP contribution in [-0.4, -0.2) is 35.1 Å². The molecule has 0 fully saturated rings. The Morgan fingerprint density at radius 1 is 1.11 bits per heavy atom. The van der Waals surface area contributed by atoms with Crippen molar-refractivity contribution in [1.82, 2.24) is 21.0 Å². The highest BCUT2D eigenvalue weighted by atomic mass is 16.4. The average molecular weight is 374 g/mol. The summed E-state index contributed by atoms with van der Waals surface area (Å²) in [5.74, 6) is 0.432. The molecular formula is C17H20N5O5+. The van der Waals surface area contributed by atoms with Crippen LogP contribution in [-0.2, 0) is 11.3 Å². The van der Waals surface area contributed by atoms with Gasteiger partial charge in [0.2, 0.25) is 0 Å². The molecule has 3 N–H and O–H groups in total. The highest BCUT2D eigenvalue weighted by molar-refractivity contribution is 5.92. The van der Waals surface area contributed by atoms with E-state index in [1.165, 1.54) is 18.6 Å². The number of nitrogens with one attached hydrogen (secondary N) is 3. The van der Waals surface area contributed by atoms with E-state index in [1.54, 1.807) is 18.2 Å². The fourth-order valence-corrected chi connectivity index (χ4v) is 2.50. The Morgan fingerprint density at radius 2 is 1.93 bits per heavy atom. The molecule has 0 aliphatic rings. The van der Waals surface area contributed by atoms with Crippen LogP contribution in [0.1, 0.15) is 29.8 Å². The predicted molar refractivity (Wildman–Crippen MR) is 91.0 cm³/mol. The number of quaternary nitrogens is 1. The molecule has 0 aromatic carbocycles. The lowest BCUT2D eigenvalue weighted by molar-refractivity contribution is -0.907. The lowest BCUT2D eigenvalue weighted by Gasteiger charge is -2.16. The number of aromatic nitrogens is 2. The number of hydrazine groups is 1. The molecule has 0 radical (unpaired) electrons. The summed E-state index contributed by atoms with van der Waals surface area (Å²) in [6.07, 6.45) is 3.76. The van der Waals surface area contributed by atoms with Crippen LogP contribution < -0.4 is 15.8 Å². The van der Waals surface area contributed by atoms with Gasteiger partial charge in [-0.15, -0.1) is 10.2 Å². The first-order chi connectivity index (χ1) is 13.2. The molecule has 10 nitrogen and oxygen atoms in total. The van der Waals surface area contributed by atoms with Crippen LogP contribution in [0.25, 0.3) is 11.7 Å². The number of furan rings is 2. The molecule has 142 valence electrons. The van der Waals surface area contributed by atoms with E-state index in [9.17, 15) is 9.59 Å². The van der Waals surface area contributed by atoms with Gasteiger partial charge in [-0.3, -0.25) is 20.4 Å². The van der Waals surface area contributed by atoms with Crippen molar-refractivity contribution in [3.8, 4) is 11.7 Å². The summed E-state index contributed by atoms with van der Waals surface area (Å²) in [5.41, 5.74) is 4.68. The molecule has 0 spiro atoms. The van der Waals surface area contributed by atoms with E-state index >= 15 is 0 Å². The molecule has 0 saturated heterocycles. The van der Waals surface area contributed by atoms with E-state index < -0.39 is 5.91 Å². The number of hydrogen-bond acceptors (Lipinski definition) is 7. The van der Waals surface area contributed by atoms with Crippen LogP contribution in [0.4, 0.5) is 0 Å². The van der Waals surface area contributed by atoms with Gasteiger partial charge in [0.15, 0.2) is 24.6 Å². The number of rotatable bonds is 8. The van der Waals surface area contributed by atoms with Gasteiger partial charge in [-0.25, -0.2) is 0 Å². The molecule has 27 heavy (non-hydrogen) atoms. The zero-order valence-electron chi connectivity index (χ0n) is 14.7. The molecule has 0 bridgehead atoms. The minimum absolute atomic E-state index is 0.115. The standard InChI is InChI=1S/C17H19N5O5/c1-2-7-22(10-14(23)18-20-16(24)12-5-3-8-25-12)11-15-19-21-17(27-15)13-6-4-9-26-13/h3-6,8-9H,2,7,10-11H2,1H3,(H,18,23)(H,20,24)/p+1. The third-order valence-electron chi connectivity index (χ3n) is 3.67. The van der Waals surface area contributed by atoms with Crippen LogP contribution in [0, 0.1) is 0 Å². The van der Waals surface area contributed by atoms with Gasteiger partial charge in [-0.2, -0.15) is 0 Å². The second-order valence-electron chi connectivity index (χ2n) is 5.81. The van der Waals surface area contributed by atoms with E-state index in [0.29, 0.717) is 24.1 Å². The van der Waals surface area contributed by atoms with E-state index in [4.69, 9.17) is 13.3 Å². The Bertz CT molecular complexity index is 856. The van der Waals surface area contributed by atoms with Gasteiger partial charge in [0.25, 0.3) is 17.7 Å². The van der Waals surface area contributed by atoms with Crippen molar-refractivity contribution < 1.29 is 27.7 Å². The van der Waals surface area contributed by atoms with Gasteiger partial charge in [-0.1, -0.05) is 6.92 Å². The summed E-state index contributed by atoms with van der Waals surface area (Å²) in [7, 11) is 0. The molecule has 0 aliphatic heterocycles. The van der Waals surface area contributed by atoms with Crippen molar-refractivity contribution in [3.63, 3.8) is 0 Å². The van der Waals surface area contributed by atoms with Gasteiger partial charge in [0, 0.05) is 0 Å². The molecule has 0 aliphatic carbocycles. The maximum absolute atomic E-state index is 12.1. The van der Waals surface area contributed by atoms with Gasteiger partial charge < -0.3 is 18.2 Å². The monoisotopic (exact) mass is 374 g/mol. The zero-order valence-corrected chi connectivity index (χ0v) is 14.7. The van der Waals surface area contributed by atoms with Crippen LogP contribution >= 0.6 is 0 Å². The second kappa shape index (κ2) is 8.81. The Kier molecular flexibility index (Phi) is 6.00. The second-order valence-corrected chi connectivity index (χ2v) is 5.81. The lowest BCUT2D eigenvalue weighted by Crippen LogP contribution is -3.12. The fourth-order valence-electron chi connectivity index (χ4n) is 2.50. The Morgan fingerprint density at radius 3 is 2.63 bits per heavy atom. The molecule has 1 unspecified atom stereocenters. The van der Waals surface area contributed by atoms with Gasteiger partial charge >= 0.3 is 5.91 Å². The molecule has 0 saturated carbocycles. The van der Waals surface area contributed by atoms with Crippen molar-refractivity contribution in [2.24, 2.45) is 0 Å². The largest absolute Gasteiger partial charge is 0.459 e. The minimum Gasteiger partial charge on any atom is -0.459 e. The maximum atomic E-state index is 12.1. The SMILES string of the molecule is CCC[NH+](CC(=O)NNC(=O)c1ccco1)Cc1nnc(-c2ccco2)o1. The number of amides is 2. The van der Waals surface area contributed by atoms with Crippen LogP contribution in [0.3, 0.4) is 0 Å². The normalized spacial score (nSPS) is 11.9. The first kappa shape index (κ1) is 18.4. The van der Waals surface area contributed by atoms with Crippen molar-refractivity contribution in [1.29, 1.82) is 0 Å². The fraction of sp³-hybridized carbons (Fsp3) is 0.294. The summed E-state index contributed by atoms with van der Waals surface area (Å²) in [6, 6.07) is 6.55. The number of nitrogens with zero attached hydrogens (tertiary/aromatic N) is 2. The van der Waals surface area contributed by atoms with Crippen LogP contribution in [0.15, 0.2) is 50.0 Å². The minimum atomic E-state index is -0.523. The Balaban J connectivity index is 1.52. The molecular weight excluding hydrogens is 354 g/mol. The molecule has 2 amide bonds. The molecule has 3 rings (SSSR count). The Labute approximate surface area is 154 Å². The maximum Gasteiger partial charge on any atom is 0.305 e. The lowest BCUT2D eigenvalue weighted by atomic mass is 10.4. The smallest absolute Gasteiger partial charge is 0.305 e. The van der Waals surface area contributed by atoms with Crippen molar-refractivity contribution in [2.45, 2.75) is 19.9 Å². The number of carbonyl (C=O) groups excluding carboxylic acids is 2. The zero-order chi connectivity index (χ0) is 19.1. The molecule has 10 heteroatoms. The van der Waals surface area contributed by atoms with Crippen LogP contribution in [0.5, 0.6) is 0 Å². The number of hydrogen-bond donors (Lipinski definition) is 3. The van der Waals surface area contributed by atoms with E-state index in [2.05, 4.69) is 21.0 Å². The van der Waals surface area contributed by atoms with Gasteiger partial charge in [0.05, 0.1) is 19.1 Å². The Hall–Kier alpha value is -3.40. The predicted octanol–water partition coefficient (Wildman–Crippen LogP) is 0.179. The third kappa shape index (κ3) is 5.05. The summed E-state index contributed by atoms with van der Waals surface area (Å²) >= 11 is 0. The summed E-state index contributed by atoms with van der Waals surface area (Å²) in [4.78, 5) is 24.8. The highest BCUT2D eigenvalue weighted by Crippen LogP contribution is 2.17. The third-order valence-corrected chi connectivity index (χ3v) is 3.67. The quantitative estimate of drug-likeness (QED) is 0.480. The van der Waals surface area contributed by atoms with Crippen molar-refractivity contribution in [2.75, 3.05) is 13.1 Å². The summed E-state index contributed by atoms with van der Waals surface area (Å²) in [6.45, 7) is 3.24. The molecule has 1 atom stereocenters. The van der Waals surface area contributed by atoms with Crippen molar-refractivity contribution in [3.05, 3.63) is 48.4 Å². The molecule has 3 heterocycles. The number of carbonyl (C=O) groups is 2. The molecule has 3 aromatic rings. The van der Waals surface area contributed by atoms with Crippen molar-refractivity contribution >= 4 is 11.8 Å². The summed E-state index contributed by atoms with van der Waals surface area (Å²) < 4.78 is 15.8. The summed E-state index contributed by atoms with van der Waals surface area (Å²) in [5, 5.41) is 7.95. The first-order valence-electron chi connectivity index (χ1n) is 8.48.